The van der Waals surface area contributed by atoms with Crippen molar-refractivity contribution in [1.82, 2.24) is 0 Å². The third kappa shape index (κ3) is 4.08. The SMILES string of the molecule is Cc1cccc(C)c1COC(=O)[C@@H]1[C@H](C(Br)C(Cl)(Cl)Br)C1(C)C. The molecule has 1 aromatic rings. The molecule has 2 nitrogen and oxygen atoms in total. The molecule has 23 heavy (non-hydrogen) atoms. The van der Waals surface area contributed by atoms with Gasteiger partial charge in [0.15, 0.2) is 3.24 Å². The molecule has 3 atom stereocenters. The van der Waals surface area contributed by atoms with E-state index >= 15 is 0 Å². The lowest BCUT2D eigenvalue weighted by atomic mass is 10.0. The van der Waals surface area contributed by atoms with E-state index in [1.165, 1.54) is 0 Å². The second kappa shape index (κ2) is 6.86. The van der Waals surface area contributed by atoms with Crippen molar-refractivity contribution >= 4 is 61.0 Å². The number of aryl methyl sites for hydroxylation is 2. The van der Waals surface area contributed by atoms with Crippen LogP contribution in [0.25, 0.3) is 0 Å². The van der Waals surface area contributed by atoms with E-state index in [-0.39, 0.29) is 28.0 Å². The summed E-state index contributed by atoms with van der Waals surface area (Å²) in [4.78, 5) is 12.3. The number of alkyl halides is 4. The highest BCUT2D eigenvalue weighted by Gasteiger charge is 2.67. The number of rotatable bonds is 5. The third-order valence-electron chi connectivity index (χ3n) is 4.80. The van der Waals surface area contributed by atoms with Crippen LogP contribution in [-0.2, 0) is 16.1 Å². The van der Waals surface area contributed by atoms with E-state index in [0.717, 1.165) is 16.7 Å². The minimum Gasteiger partial charge on any atom is -0.461 e. The first-order valence-electron chi connectivity index (χ1n) is 7.40. The summed E-state index contributed by atoms with van der Waals surface area (Å²) in [6, 6.07) is 6.05. The first-order chi connectivity index (χ1) is 10.5. The highest BCUT2D eigenvalue weighted by molar-refractivity contribution is 9.13. The standard InChI is InChI=1S/C17H20Br2Cl2O2/c1-9-6-5-7-10(2)11(9)8-23-15(22)13-12(16(13,3)4)14(18)17(19,20)21/h5-7,12-14H,8H2,1-4H3/t12-,13+,14?/m1/s1. The first kappa shape index (κ1) is 19.6. The molecule has 1 aromatic carbocycles. The molecular weight excluding hydrogens is 467 g/mol. The van der Waals surface area contributed by atoms with Crippen LogP contribution in [-0.4, -0.2) is 14.0 Å². The van der Waals surface area contributed by atoms with E-state index in [4.69, 9.17) is 27.9 Å². The van der Waals surface area contributed by atoms with Crippen molar-refractivity contribution in [3.63, 3.8) is 0 Å². The summed E-state index contributed by atoms with van der Waals surface area (Å²) in [6.07, 6.45) is 0. The van der Waals surface area contributed by atoms with Crippen LogP contribution in [0.5, 0.6) is 0 Å². The van der Waals surface area contributed by atoms with Gasteiger partial charge in [-0.05, 0) is 57.8 Å². The maximum atomic E-state index is 12.5. The molecule has 0 spiro atoms. The Morgan fingerprint density at radius 1 is 1.35 bits per heavy atom. The zero-order valence-corrected chi connectivity index (χ0v) is 18.2. The second-order valence-electron chi connectivity index (χ2n) is 6.75. The molecule has 0 saturated heterocycles. The Bertz CT molecular complexity index is 591. The van der Waals surface area contributed by atoms with Crippen LogP contribution in [0.15, 0.2) is 18.2 Å². The summed E-state index contributed by atoms with van der Waals surface area (Å²) in [6.45, 7) is 8.40. The largest absolute Gasteiger partial charge is 0.461 e. The minimum atomic E-state index is -1.11. The molecule has 1 saturated carbocycles. The van der Waals surface area contributed by atoms with Crippen molar-refractivity contribution in [1.29, 1.82) is 0 Å². The van der Waals surface area contributed by atoms with Gasteiger partial charge in [0.1, 0.15) is 6.61 Å². The van der Waals surface area contributed by atoms with Gasteiger partial charge in [-0.25, -0.2) is 0 Å². The van der Waals surface area contributed by atoms with Crippen LogP contribution in [0.3, 0.4) is 0 Å². The number of esters is 1. The van der Waals surface area contributed by atoms with Gasteiger partial charge >= 0.3 is 5.97 Å². The average molecular weight is 487 g/mol. The third-order valence-corrected chi connectivity index (χ3v) is 8.16. The minimum absolute atomic E-state index is 0.0161. The number of hydrogen-bond donors (Lipinski definition) is 0. The smallest absolute Gasteiger partial charge is 0.310 e. The van der Waals surface area contributed by atoms with Gasteiger partial charge in [-0.15, -0.1) is 0 Å². The Morgan fingerprint density at radius 2 is 1.87 bits per heavy atom. The van der Waals surface area contributed by atoms with Gasteiger partial charge in [0.05, 0.1) is 10.7 Å². The Kier molecular flexibility index (Phi) is 5.83. The van der Waals surface area contributed by atoms with E-state index < -0.39 is 3.24 Å². The van der Waals surface area contributed by atoms with Gasteiger partial charge in [0.2, 0.25) is 0 Å². The quantitative estimate of drug-likeness (QED) is 0.382. The predicted molar refractivity (Wildman–Crippen MR) is 103 cm³/mol. The monoisotopic (exact) mass is 484 g/mol. The van der Waals surface area contributed by atoms with Gasteiger partial charge in [-0.1, -0.05) is 71.2 Å². The number of carbonyl (C=O) groups excluding carboxylic acids is 1. The molecule has 0 radical (unpaired) electrons. The molecule has 2 rings (SSSR count). The summed E-state index contributed by atoms with van der Waals surface area (Å²) in [7, 11) is 0. The number of carbonyl (C=O) groups is 1. The molecule has 0 N–H and O–H groups in total. The lowest BCUT2D eigenvalue weighted by molar-refractivity contribution is -0.147. The van der Waals surface area contributed by atoms with E-state index in [0.29, 0.717) is 6.61 Å². The maximum Gasteiger partial charge on any atom is 0.310 e. The van der Waals surface area contributed by atoms with Gasteiger partial charge in [0.25, 0.3) is 0 Å². The van der Waals surface area contributed by atoms with Crippen LogP contribution in [0.1, 0.15) is 30.5 Å². The summed E-state index contributed by atoms with van der Waals surface area (Å²) >= 11 is 19.0. The highest BCUT2D eigenvalue weighted by atomic mass is 79.9. The lowest BCUT2D eigenvalue weighted by Gasteiger charge is -2.20. The van der Waals surface area contributed by atoms with Crippen LogP contribution in [0.4, 0.5) is 0 Å². The van der Waals surface area contributed by atoms with Crippen molar-refractivity contribution < 1.29 is 9.53 Å². The van der Waals surface area contributed by atoms with Gasteiger partial charge in [-0.2, -0.15) is 0 Å². The molecule has 0 bridgehead atoms. The number of halogens is 4. The topological polar surface area (TPSA) is 26.3 Å². The summed E-state index contributed by atoms with van der Waals surface area (Å²) < 4.78 is 4.47. The van der Waals surface area contributed by atoms with Crippen molar-refractivity contribution in [2.24, 2.45) is 17.3 Å². The molecule has 0 aliphatic heterocycles. The molecule has 1 aliphatic carbocycles. The Hall–Kier alpha value is 0.230. The van der Waals surface area contributed by atoms with Gasteiger partial charge in [-0.3, -0.25) is 4.79 Å². The summed E-state index contributed by atoms with van der Waals surface area (Å²) in [5, 5.41) is 0. The first-order valence-corrected chi connectivity index (χ1v) is 9.87. The molecule has 1 aliphatic rings. The molecule has 0 aromatic heterocycles. The fourth-order valence-electron chi connectivity index (χ4n) is 3.19. The maximum absolute atomic E-state index is 12.5. The van der Waals surface area contributed by atoms with Crippen molar-refractivity contribution in [3.8, 4) is 0 Å². The van der Waals surface area contributed by atoms with Crippen LogP contribution < -0.4 is 0 Å². The second-order valence-corrected chi connectivity index (χ2v) is 11.3. The fourth-order valence-corrected chi connectivity index (χ4v) is 4.73. The number of hydrogen-bond acceptors (Lipinski definition) is 2. The average Bonchev–Trinajstić information content (AvgIpc) is 2.98. The molecule has 6 heteroatoms. The predicted octanol–water partition coefficient (Wildman–Crippen LogP) is 5.91. The Morgan fingerprint density at radius 3 is 2.35 bits per heavy atom. The van der Waals surface area contributed by atoms with Gasteiger partial charge < -0.3 is 4.74 Å². The summed E-state index contributed by atoms with van der Waals surface area (Å²) in [5.74, 6) is -0.398. The number of benzene rings is 1. The van der Waals surface area contributed by atoms with Gasteiger partial charge in [0, 0.05) is 0 Å². The summed E-state index contributed by atoms with van der Waals surface area (Å²) in [5.41, 5.74) is 3.12. The molecule has 1 fully saturated rings. The molecule has 1 unspecified atom stereocenters. The van der Waals surface area contributed by atoms with Crippen molar-refractivity contribution in [2.75, 3.05) is 0 Å². The van der Waals surface area contributed by atoms with Crippen LogP contribution in [0, 0.1) is 31.1 Å². The van der Waals surface area contributed by atoms with Crippen molar-refractivity contribution in [2.45, 2.75) is 42.4 Å². The number of ether oxygens (including phenoxy) is 1. The van der Waals surface area contributed by atoms with E-state index in [2.05, 4.69) is 31.9 Å². The molecule has 0 amide bonds. The molecule has 128 valence electrons. The fraction of sp³-hybridized carbons (Fsp3) is 0.588. The Balaban J connectivity index is 2.05. The van der Waals surface area contributed by atoms with E-state index in [1.54, 1.807) is 0 Å². The lowest BCUT2D eigenvalue weighted by Crippen LogP contribution is -2.23. The highest BCUT2D eigenvalue weighted by Crippen LogP contribution is 2.65. The zero-order chi connectivity index (χ0) is 17.6. The van der Waals surface area contributed by atoms with Crippen molar-refractivity contribution in [3.05, 3.63) is 34.9 Å². The normalized spacial score (nSPS) is 24.2. The molecule has 0 heterocycles. The van der Waals surface area contributed by atoms with Crippen LogP contribution >= 0.6 is 55.1 Å². The van der Waals surface area contributed by atoms with E-state index in [1.807, 2.05) is 45.9 Å². The molecular formula is C17H20Br2Cl2O2. The van der Waals surface area contributed by atoms with E-state index in [9.17, 15) is 4.79 Å². The van der Waals surface area contributed by atoms with Crippen LogP contribution in [0.2, 0.25) is 0 Å². The Labute approximate surface area is 164 Å². The zero-order valence-electron chi connectivity index (χ0n) is 13.5.